The van der Waals surface area contributed by atoms with Gasteiger partial charge in [-0.1, -0.05) is 6.58 Å². The van der Waals surface area contributed by atoms with Gasteiger partial charge in [0.25, 0.3) is 0 Å². The molecule has 19 heavy (non-hydrogen) atoms. The van der Waals surface area contributed by atoms with Gasteiger partial charge in [0.2, 0.25) is 5.91 Å². The summed E-state index contributed by atoms with van der Waals surface area (Å²) in [6.07, 6.45) is 3.60. The third kappa shape index (κ3) is 3.47. The summed E-state index contributed by atoms with van der Waals surface area (Å²) >= 11 is 0. The third-order valence-corrected chi connectivity index (χ3v) is 3.42. The summed E-state index contributed by atoms with van der Waals surface area (Å²) in [5.74, 6) is 0.961. The molecule has 0 radical (unpaired) electrons. The van der Waals surface area contributed by atoms with Crippen LogP contribution in [-0.2, 0) is 4.79 Å². The number of likely N-dealkylation sites (tertiary alicyclic amines) is 1. The molecule has 0 bridgehead atoms. The van der Waals surface area contributed by atoms with E-state index in [0.29, 0.717) is 11.7 Å². The fourth-order valence-corrected chi connectivity index (χ4v) is 2.26. The van der Waals surface area contributed by atoms with Crippen LogP contribution in [0.15, 0.2) is 24.9 Å². The number of nitrogens with one attached hydrogen (secondary N) is 1. The zero-order chi connectivity index (χ0) is 13.8. The molecular weight excluding hydrogens is 240 g/mol. The van der Waals surface area contributed by atoms with Crippen LogP contribution in [0.1, 0.15) is 25.3 Å². The minimum Gasteiger partial charge on any atom is -0.399 e. The van der Waals surface area contributed by atoms with Crippen molar-refractivity contribution in [3.8, 4) is 0 Å². The highest BCUT2D eigenvalue weighted by molar-refractivity contribution is 5.73. The van der Waals surface area contributed by atoms with Gasteiger partial charge in [-0.25, -0.2) is 4.98 Å². The van der Waals surface area contributed by atoms with E-state index in [4.69, 9.17) is 5.73 Å². The summed E-state index contributed by atoms with van der Waals surface area (Å²) < 4.78 is 0. The van der Waals surface area contributed by atoms with E-state index in [0.717, 1.165) is 37.3 Å². The van der Waals surface area contributed by atoms with Gasteiger partial charge in [-0.3, -0.25) is 4.79 Å². The van der Waals surface area contributed by atoms with E-state index in [-0.39, 0.29) is 5.91 Å². The Hall–Kier alpha value is -2.04. The van der Waals surface area contributed by atoms with E-state index in [1.165, 1.54) is 0 Å². The molecule has 2 heterocycles. The van der Waals surface area contributed by atoms with E-state index in [1.54, 1.807) is 13.1 Å². The molecule has 3 N–H and O–H groups in total. The molecule has 1 aromatic heterocycles. The smallest absolute Gasteiger partial charge is 0.219 e. The third-order valence-electron chi connectivity index (χ3n) is 3.42. The van der Waals surface area contributed by atoms with Gasteiger partial charge in [-0.2, -0.15) is 0 Å². The van der Waals surface area contributed by atoms with E-state index in [2.05, 4.69) is 16.9 Å². The van der Waals surface area contributed by atoms with E-state index in [9.17, 15) is 4.79 Å². The Labute approximate surface area is 113 Å². The number of carbonyl (C=O) groups excluding carboxylic acids is 1. The Kier molecular flexibility index (Phi) is 4.04. The van der Waals surface area contributed by atoms with Crippen molar-refractivity contribution in [1.29, 1.82) is 0 Å². The zero-order valence-electron chi connectivity index (χ0n) is 11.2. The Morgan fingerprint density at radius 3 is 2.79 bits per heavy atom. The fourth-order valence-electron chi connectivity index (χ4n) is 2.26. The fraction of sp³-hybridized carbons (Fsp3) is 0.429. The van der Waals surface area contributed by atoms with Crippen molar-refractivity contribution in [3.05, 3.63) is 30.5 Å². The van der Waals surface area contributed by atoms with Gasteiger partial charge in [-0.05, 0) is 25.0 Å². The van der Waals surface area contributed by atoms with Gasteiger partial charge in [0.1, 0.15) is 5.82 Å². The summed E-state index contributed by atoms with van der Waals surface area (Å²) in [7, 11) is 0. The van der Waals surface area contributed by atoms with E-state index < -0.39 is 0 Å². The van der Waals surface area contributed by atoms with Crippen LogP contribution in [-0.4, -0.2) is 34.9 Å². The predicted molar refractivity (Wildman–Crippen MR) is 76.4 cm³/mol. The van der Waals surface area contributed by atoms with Crippen LogP contribution in [0.5, 0.6) is 0 Å². The molecule has 0 unspecified atom stereocenters. The maximum atomic E-state index is 11.3. The summed E-state index contributed by atoms with van der Waals surface area (Å²) in [5.41, 5.74) is 7.10. The van der Waals surface area contributed by atoms with E-state index >= 15 is 0 Å². The molecule has 1 aliphatic rings. The Morgan fingerprint density at radius 1 is 1.53 bits per heavy atom. The molecule has 1 aromatic rings. The number of hydrogen-bond acceptors (Lipinski definition) is 4. The van der Waals surface area contributed by atoms with Crippen LogP contribution in [0.25, 0.3) is 5.70 Å². The second kappa shape index (κ2) is 5.73. The van der Waals surface area contributed by atoms with Gasteiger partial charge in [-0.15, -0.1) is 0 Å². The molecule has 1 aliphatic heterocycles. The number of piperidine rings is 1. The molecule has 1 amide bonds. The SMILES string of the molecule is C=C(N)c1ccnc(NC2CCN(C(C)=O)CC2)c1. The van der Waals surface area contributed by atoms with Gasteiger partial charge >= 0.3 is 0 Å². The molecule has 0 atom stereocenters. The van der Waals surface area contributed by atoms with Crippen molar-refractivity contribution in [1.82, 2.24) is 9.88 Å². The number of hydrogen-bond donors (Lipinski definition) is 2. The van der Waals surface area contributed by atoms with Crippen LogP contribution in [0.2, 0.25) is 0 Å². The van der Waals surface area contributed by atoms with Gasteiger partial charge in [0.15, 0.2) is 0 Å². The monoisotopic (exact) mass is 260 g/mol. The highest BCUT2D eigenvalue weighted by Gasteiger charge is 2.20. The highest BCUT2D eigenvalue weighted by Crippen LogP contribution is 2.17. The quantitative estimate of drug-likeness (QED) is 0.862. The van der Waals surface area contributed by atoms with Crippen molar-refractivity contribution in [2.75, 3.05) is 18.4 Å². The van der Waals surface area contributed by atoms with Crippen LogP contribution in [0, 0.1) is 0 Å². The minimum absolute atomic E-state index is 0.151. The Morgan fingerprint density at radius 2 is 2.21 bits per heavy atom. The summed E-state index contributed by atoms with van der Waals surface area (Å²) in [6.45, 7) is 6.94. The van der Waals surface area contributed by atoms with Gasteiger partial charge in [0.05, 0.1) is 0 Å². The molecule has 0 saturated carbocycles. The number of nitrogens with two attached hydrogens (primary N) is 1. The normalized spacial score (nSPS) is 16.2. The van der Waals surface area contributed by atoms with Crippen LogP contribution in [0.4, 0.5) is 5.82 Å². The molecule has 2 rings (SSSR count). The van der Waals surface area contributed by atoms with E-state index in [1.807, 2.05) is 17.0 Å². The molecule has 0 spiro atoms. The van der Waals surface area contributed by atoms with Crippen molar-refractivity contribution >= 4 is 17.4 Å². The molecule has 0 aliphatic carbocycles. The predicted octanol–water partition coefficient (Wildman–Crippen LogP) is 1.43. The molecule has 5 heteroatoms. The van der Waals surface area contributed by atoms with Crippen molar-refractivity contribution in [3.63, 3.8) is 0 Å². The maximum absolute atomic E-state index is 11.3. The van der Waals surface area contributed by atoms with Crippen LogP contribution in [0.3, 0.4) is 0 Å². The first kappa shape index (κ1) is 13.4. The number of anilines is 1. The lowest BCUT2D eigenvalue weighted by Crippen LogP contribution is -2.41. The number of carbonyl (C=O) groups is 1. The lowest BCUT2D eigenvalue weighted by atomic mass is 10.0. The number of amides is 1. The number of rotatable bonds is 3. The second-order valence-corrected chi connectivity index (χ2v) is 4.88. The summed E-state index contributed by atoms with van der Waals surface area (Å²) in [6, 6.07) is 4.09. The minimum atomic E-state index is 0.151. The number of nitrogens with zero attached hydrogens (tertiary/aromatic N) is 2. The van der Waals surface area contributed by atoms with Crippen LogP contribution >= 0.6 is 0 Å². The summed E-state index contributed by atoms with van der Waals surface area (Å²) in [5, 5.41) is 3.39. The average molecular weight is 260 g/mol. The molecule has 102 valence electrons. The summed E-state index contributed by atoms with van der Waals surface area (Å²) in [4.78, 5) is 17.4. The molecule has 0 aromatic carbocycles. The Balaban J connectivity index is 1.94. The molecule has 5 nitrogen and oxygen atoms in total. The van der Waals surface area contributed by atoms with Gasteiger partial charge in [0, 0.05) is 43.5 Å². The Bertz CT molecular complexity index is 478. The lowest BCUT2D eigenvalue weighted by Gasteiger charge is -2.32. The first-order valence-electron chi connectivity index (χ1n) is 6.49. The second-order valence-electron chi connectivity index (χ2n) is 4.88. The topological polar surface area (TPSA) is 71.2 Å². The van der Waals surface area contributed by atoms with Crippen molar-refractivity contribution < 1.29 is 4.79 Å². The first-order valence-corrected chi connectivity index (χ1v) is 6.49. The van der Waals surface area contributed by atoms with Gasteiger partial charge < -0.3 is 16.0 Å². The molecular formula is C14H20N4O. The molecule has 1 fully saturated rings. The maximum Gasteiger partial charge on any atom is 0.219 e. The largest absolute Gasteiger partial charge is 0.399 e. The number of pyridine rings is 1. The number of aromatic nitrogens is 1. The standard InChI is InChI=1S/C14H20N4O/c1-10(15)12-3-6-16-14(9-12)17-13-4-7-18(8-5-13)11(2)19/h3,6,9,13H,1,4-5,7-8,15H2,2H3,(H,16,17). The average Bonchev–Trinajstić information content (AvgIpc) is 2.39. The van der Waals surface area contributed by atoms with Crippen LogP contribution < -0.4 is 11.1 Å². The first-order chi connectivity index (χ1) is 9.06. The highest BCUT2D eigenvalue weighted by atomic mass is 16.2. The zero-order valence-corrected chi connectivity index (χ0v) is 11.2. The lowest BCUT2D eigenvalue weighted by molar-refractivity contribution is -0.129. The van der Waals surface area contributed by atoms with Crippen molar-refractivity contribution in [2.45, 2.75) is 25.8 Å². The van der Waals surface area contributed by atoms with Crippen molar-refractivity contribution in [2.24, 2.45) is 5.73 Å². The molecule has 1 saturated heterocycles.